The molecule has 0 radical (unpaired) electrons. The summed E-state index contributed by atoms with van der Waals surface area (Å²) in [4.78, 5) is 63.9. The summed E-state index contributed by atoms with van der Waals surface area (Å²) in [6, 6.07) is 0. The predicted octanol–water partition coefficient (Wildman–Crippen LogP) is 15.2. The second-order valence-corrected chi connectivity index (χ2v) is 22.3. The van der Waals surface area contributed by atoms with Crippen molar-refractivity contribution in [3.8, 4) is 5.88 Å². The van der Waals surface area contributed by atoms with Gasteiger partial charge in [0.25, 0.3) is 5.88 Å². The van der Waals surface area contributed by atoms with Gasteiger partial charge in [-0.15, -0.1) is 4.37 Å². The molecule has 1 aliphatic heterocycles. The molecule has 0 N–H and O–H groups in total. The van der Waals surface area contributed by atoms with E-state index in [9.17, 15) is 24.0 Å². The summed E-state index contributed by atoms with van der Waals surface area (Å²) in [6.45, 7) is 11.4. The Labute approximate surface area is 464 Å². The third-order valence-electron chi connectivity index (χ3n) is 14.4. The van der Waals surface area contributed by atoms with E-state index in [0.29, 0.717) is 23.5 Å². The van der Waals surface area contributed by atoms with Crippen molar-refractivity contribution in [2.24, 2.45) is 5.92 Å². The largest absolute Gasteiger partial charge is 0.512 e. The zero-order valence-corrected chi connectivity index (χ0v) is 49.5. The summed E-state index contributed by atoms with van der Waals surface area (Å²) in [5.41, 5.74) is 1.74. The third kappa shape index (κ3) is 34.9. The van der Waals surface area contributed by atoms with Crippen LogP contribution in [-0.4, -0.2) is 109 Å². The van der Waals surface area contributed by atoms with Gasteiger partial charge in [-0.3, -0.25) is 23.7 Å². The Kier molecular flexibility index (Phi) is 40.6. The predicted molar refractivity (Wildman–Crippen MR) is 302 cm³/mol. The Balaban J connectivity index is 1.73. The highest BCUT2D eigenvalue weighted by Gasteiger charge is 2.37. The summed E-state index contributed by atoms with van der Waals surface area (Å²) >= 11 is 1.12. The van der Waals surface area contributed by atoms with Gasteiger partial charge in [-0.25, -0.2) is 4.79 Å². The van der Waals surface area contributed by atoms with Crippen LogP contribution in [-0.2, 0) is 47.6 Å². The van der Waals surface area contributed by atoms with Gasteiger partial charge in [0.1, 0.15) is 32.1 Å². The molecule has 16 heteroatoms. The number of quaternary nitrogens is 1. The molecule has 3 atom stereocenters. The van der Waals surface area contributed by atoms with Crippen molar-refractivity contribution in [1.82, 2.24) is 8.75 Å². The van der Waals surface area contributed by atoms with Crippen LogP contribution in [0.25, 0.3) is 5.57 Å². The van der Waals surface area contributed by atoms with Gasteiger partial charge < -0.3 is 33.2 Å². The Morgan fingerprint density at radius 3 is 1.50 bits per heavy atom. The van der Waals surface area contributed by atoms with Gasteiger partial charge in [0.2, 0.25) is 6.23 Å². The minimum absolute atomic E-state index is 0.0580. The number of likely N-dealkylation sites (N-methyl/N-ethyl adjacent to an activating group) is 1. The topological polar surface area (TPSA) is 176 Å². The summed E-state index contributed by atoms with van der Waals surface area (Å²) < 4.78 is 48.4. The lowest BCUT2D eigenvalue weighted by atomic mass is 10.0. The number of rotatable bonds is 49. The number of carbonyl (C=O) groups is 5. The molecule has 1 aliphatic rings. The van der Waals surface area contributed by atoms with Crippen molar-refractivity contribution < 1.29 is 61.6 Å². The molecular weight excluding hydrogens is 987 g/mol. The van der Waals surface area contributed by atoms with E-state index in [2.05, 4.69) is 35.6 Å². The number of nitrogens with zero attached hydrogens (tertiary/aromatic N) is 3. The second-order valence-electron chi connectivity index (χ2n) is 21.7. The van der Waals surface area contributed by atoms with E-state index in [1.165, 1.54) is 122 Å². The highest BCUT2D eigenvalue weighted by atomic mass is 32.1. The number of hydrogen-bond donors (Lipinski definition) is 0. The molecule has 0 bridgehead atoms. The number of unbranched alkanes of at least 4 members (excludes halogenated alkanes) is 27. The molecule has 0 aliphatic carbocycles. The molecule has 3 unspecified atom stereocenters. The quantitative estimate of drug-likeness (QED) is 0.0261. The summed E-state index contributed by atoms with van der Waals surface area (Å²) in [7, 11) is 2.03. The van der Waals surface area contributed by atoms with Crippen LogP contribution < -0.4 is 4.74 Å². The Morgan fingerprint density at radius 1 is 0.526 bits per heavy atom. The first-order valence-corrected chi connectivity index (χ1v) is 31.1. The third-order valence-corrected chi connectivity index (χ3v) is 14.9. The smallest absolute Gasteiger partial charge is 0.475 e. The van der Waals surface area contributed by atoms with Crippen molar-refractivity contribution in [3.63, 3.8) is 0 Å². The lowest BCUT2D eigenvalue weighted by molar-refractivity contribution is -0.944. The fourth-order valence-electron chi connectivity index (χ4n) is 9.33. The molecular formula is C60H106N3O12S+. The molecule has 0 aromatic carbocycles. The zero-order chi connectivity index (χ0) is 55.3. The minimum Gasteiger partial charge on any atom is -0.475 e. The normalized spacial score (nSPS) is 15.2. The number of esters is 4. The van der Waals surface area contributed by atoms with Crippen LogP contribution in [0, 0.1) is 5.92 Å². The zero-order valence-electron chi connectivity index (χ0n) is 48.7. The van der Waals surface area contributed by atoms with E-state index in [4.69, 9.17) is 33.2 Å². The second kappa shape index (κ2) is 45.1. The van der Waals surface area contributed by atoms with E-state index in [-0.39, 0.29) is 70.0 Å². The number of ether oxygens (including phenoxy) is 7. The average Bonchev–Trinajstić information content (AvgIpc) is 3.88. The fraction of sp³-hybridized carbons (Fsp3) is 0.850. The molecule has 0 fully saturated rings. The van der Waals surface area contributed by atoms with Gasteiger partial charge in [-0.1, -0.05) is 207 Å². The van der Waals surface area contributed by atoms with E-state index in [1.54, 1.807) is 6.92 Å². The Morgan fingerprint density at radius 2 is 1.00 bits per heavy atom. The fourth-order valence-corrected chi connectivity index (χ4v) is 9.86. The molecule has 0 amide bonds. The summed E-state index contributed by atoms with van der Waals surface area (Å²) in [6.07, 6.45) is 36.5. The maximum Gasteiger partial charge on any atom is 0.512 e. The van der Waals surface area contributed by atoms with Crippen molar-refractivity contribution in [2.45, 2.75) is 272 Å². The Hall–Kier alpha value is -3.79. The molecule has 76 heavy (non-hydrogen) atoms. The van der Waals surface area contributed by atoms with Crippen molar-refractivity contribution >= 4 is 47.3 Å². The minimum atomic E-state index is -1.00. The number of aromatic nitrogens is 2. The van der Waals surface area contributed by atoms with Gasteiger partial charge in [-0.05, 0) is 19.3 Å². The van der Waals surface area contributed by atoms with Crippen LogP contribution in [0.1, 0.15) is 265 Å². The van der Waals surface area contributed by atoms with Crippen molar-refractivity contribution in [2.75, 3.05) is 53.2 Å². The molecule has 2 rings (SSSR count). The summed E-state index contributed by atoms with van der Waals surface area (Å²) in [5.74, 6) is -1.88. The number of hydrogen-bond acceptors (Lipinski definition) is 15. The van der Waals surface area contributed by atoms with Crippen LogP contribution in [0.4, 0.5) is 4.79 Å². The molecule has 2 heterocycles. The highest BCUT2D eigenvalue weighted by molar-refractivity contribution is 6.99. The van der Waals surface area contributed by atoms with Crippen molar-refractivity contribution in [1.29, 1.82) is 0 Å². The summed E-state index contributed by atoms with van der Waals surface area (Å²) in [5, 5.41) is 0. The van der Waals surface area contributed by atoms with E-state index < -0.39 is 30.4 Å². The first-order valence-electron chi connectivity index (χ1n) is 30.4. The lowest BCUT2D eigenvalue weighted by Gasteiger charge is -2.41. The van der Waals surface area contributed by atoms with Gasteiger partial charge in [0, 0.05) is 37.7 Å². The van der Waals surface area contributed by atoms with Crippen LogP contribution in [0.5, 0.6) is 5.88 Å². The van der Waals surface area contributed by atoms with Gasteiger partial charge in [0.15, 0.2) is 6.10 Å². The van der Waals surface area contributed by atoms with Crippen LogP contribution >= 0.6 is 11.7 Å². The first-order chi connectivity index (χ1) is 36.9. The van der Waals surface area contributed by atoms with E-state index in [0.717, 1.165) is 107 Å². The first kappa shape index (κ1) is 68.3. The van der Waals surface area contributed by atoms with Crippen molar-refractivity contribution in [3.05, 3.63) is 11.8 Å². The van der Waals surface area contributed by atoms with E-state index >= 15 is 0 Å². The SMILES string of the molecule is CCCCCCCCCCCCCCCC(=O)OCC(COC(=O)CCCCCCCCCCCCCCC)OC(=O)CCOC(=O)CC(C)COC(=O)OC(C)[N+]1(C)CCC=C(c2nsnc2OCCCCCC)C1. The standard InChI is InChI=1S/C60H106N3O12S/c1-7-10-13-16-18-20-22-24-26-28-30-32-34-39-54(64)71-48-53(49-72-55(65)40-35-33-31-29-27-25-23-21-19-17-14-11-8-2)75-56(66)41-44-69-57(67)45-50(4)47-73-60(68)74-51(5)63(6)42-37-38-52(46-63)58-59(62-76-61-58)70-43-36-15-12-9-3/h38,50-51,53H,7-37,39-49H2,1-6H3/q+1. The maximum absolute atomic E-state index is 12.9. The van der Waals surface area contributed by atoms with Gasteiger partial charge >= 0.3 is 30.0 Å². The molecule has 438 valence electrons. The van der Waals surface area contributed by atoms with Crippen LogP contribution in [0.2, 0.25) is 0 Å². The maximum atomic E-state index is 12.9. The van der Waals surface area contributed by atoms with Gasteiger partial charge in [0.05, 0.1) is 51.4 Å². The highest BCUT2D eigenvalue weighted by Crippen LogP contribution is 2.32. The monoisotopic (exact) mass is 1090 g/mol. The average molecular weight is 1090 g/mol. The molecule has 1 aromatic rings. The molecule has 0 spiro atoms. The van der Waals surface area contributed by atoms with E-state index in [1.807, 2.05) is 14.0 Å². The molecule has 0 saturated heterocycles. The molecule has 1 aromatic heterocycles. The van der Waals surface area contributed by atoms with Crippen LogP contribution in [0.15, 0.2) is 6.08 Å². The number of carbonyl (C=O) groups excluding carboxylic acids is 5. The lowest BCUT2D eigenvalue weighted by Crippen LogP contribution is -2.55. The molecule has 15 nitrogen and oxygen atoms in total. The van der Waals surface area contributed by atoms with Gasteiger partial charge in [-0.2, -0.15) is 4.37 Å². The van der Waals surface area contributed by atoms with Crippen LogP contribution in [0.3, 0.4) is 0 Å². The molecule has 0 saturated carbocycles. The Bertz CT molecular complexity index is 1660.